The van der Waals surface area contributed by atoms with E-state index in [0.29, 0.717) is 0 Å². The second kappa shape index (κ2) is 9.37. The molecule has 0 radical (unpaired) electrons. The van der Waals surface area contributed by atoms with Crippen LogP contribution >= 0.6 is 0 Å². The van der Waals surface area contributed by atoms with Gasteiger partial charge in [-0.1, -0.05) is 109 Å². The molecule has 0 aliphatic rings. The van der Waals surface area contributed by atoms with Crippen molar-refractivity contribution in [3.8, 4) is 11.1 Å². The summed E-state index contributed by atoms with van der Waals surface area (Å²) in [6.07, 6.45) is 0. The number of nitrogens with zero attached hydrogens (tertiary/aromatic N) is 1. The number of anilines is 3. The summed E-state index contributed by atoms with van der Waals surface area (Å²) in [7, 11) is 0. The lowest BCUT2D eigenvalue weighted by Gasteiger charge is -2.27. The van der Waals surface area contributed by atoms with Crippen molar-refractivity contribution in [2.75, 3.05) is 4.90 Å². The van der Waals surface area contributed by atoms with Gasteiger partial charge in [0.25, 0.3) is 0 Å². The Morgan fingerprint density at radius 3 is 1.86 bits per heavy atom. The van der Waals surface area contributed by atoms with E-state index in [9.17, 15) is 0 Å². The summed E-state index contributed by atoms with van der Waals surface area (Å²) in [5, 5.41) is 6.82. The Labute approximate surface area is 247 Å². The van der Waals surface area contributed by atoms with Crippen LogP contribution in [0.15, 0.2) is 160 Å². The van der Waals surface area contributed by atoms with Gasteiger partial charge in [0, 0.05) is 38.4 Å². The first-order valence-corrected chi connectivity index (χ1v) is 14.5. The Balaban J connectivity index is 1.32. The number of para-hydroxylation sites is 5. The van der Waals surface area contributed by atoms with E-state index in [1.165, 1.54) is 10.8 Å². The Hall–Kier alpha value is -5.80. The van der Waals surface area contributed by atoms with Gasteiger partial charge in [0.15, 0.2) is 5.58 Å². The highest BCUT2D eigenvalue weighted by atomic mass is 16.3. The van der Waals surface area contributed by atoms with E-state index in [4.69, 9.17) is 8.83 Å². The molecular formula is C40H25NO2. The van der Waals surface area contributed by atoms with Crippen molar-refractivity contribution in [3.63, 3.8) is 0 Å². The molecule has 0 aliphatic carbocycles. The molecule has 3 heteroatoms. The van der Waals surface area contributed by atoms with Gasteiger partial charge in [-0.2, -0.15) is 0 Å². The normalized spacial score (nSPS) is 11.7. The molecule has 9 rings (SSSR count). The van der Waals surface area contributed by atoms with E-state index in [-0.39, 0.29) is 0 Å². The van der Waals surface area contributed by atoms with Gasteiger partial charge in [-0.3, -0.25) is 0 Å². The maximum absolute atomic E-state index is 6.67. The van der Waals surface area contributed by atoms with Gasteiger partial charge < -0.3 is 13.7 Å². The molecule has 0 unspecified atom stereocenters. The fourth-order valence-corrected chi connectivity index (χ4v) is 6.49. The zero-order valence-electron chi connectivity index (χ0n) is 23.2. The fourth-order valence-electron chi connectivity index (χ4n) is 6.49. The van der Waals surface area contributed by atoms with Gasteiger partial charge in [-0.05, 0) is 53.2 Å². The van der Waals surface area contributed by atoms with E-state index in [0.717, 1.165) is 72.1 Å². The summed E-state index contributed by atoms with van der Waals surface area (Å²) >= 11 is 0. The number of furan rings is 2. The van der Waals surface area contributed by atoms with Crippen LogP contribution in [0.2, 0.25) is 0 Å². The van der Waals surface area contributed by atoms with Crippen molar-refractivity contribution >= 4 is 71.7 Å². The summed E-state index contributed by atoms with van der Waals surface area (Å²) in [5.74, 6) is 0. The lowest BCUT2D eigenvalue weighted by Crippen LogP contribution is -2.11. The smallest absolute Gasteiger partial charge is 0.159 e. The SMILES string of the molecule is c1ccc(N(c2ccccc2-c2cccc3c2oc2cc4ccccc4cc23)c2cccc3c2oc2ccccc23)cc1. The van der Waals surface area contributed by atoms with Crippen LogP contribution in [0, 0.1) is 0 Å². The van der Waals surface area contributed by atoms with Crippen LogP contribution in [-0.2, 0) is 0 Å². The molecule has 3 nitrogen and oxygen atoms in total. The number of hydrogen-bond acceptors (Lipinski definition) is 3. The minimum Gasteiger partial charge on any atom is -0.455 e. The summed E-state index contributed by atoms with van der Waals surface area (Å²) in [4.78, 5) is 2.30. The van der Waals surface area contributed by atoms with Crippen LogP contribution < -0.4 is 4.90 Å². The highest BCUT2D eigenvalue weighted by molar-refractivity contribution is 6.15. The van der Waals surface area contributed by atoms with Crippen LogP contribution in [-0.4, -0.2) is 0 Å². The van der Waals surface area contributed by atoms with Crippen molar-refractivity contribution in [2.45, 2.75) is 0 Å². The molecule has 0 N–H and O–H groups in total. The largest absolute Gasteiger partial charge is 0.455 e. The number of hydrogen-bond donors (Lipinski definition) is 0. The molecule has 0 aliphatic heterocycles. The Kier molecular flexibility index (Phi) is 5.20. The molecular weight excluding hydrogens is 526 g/mol. The quantitative estimate of drug-likeness (QED) is 0.218. The molecule has 9 aromatic rings. The third-order valence-corrected chi connectivity index (χ3v) is 8.44. The maximum atomic E-state index is 6.67. The lowest BCUT2D eigenvalue weighted by atomic mass is 9.98. The molecule has 0 fully saturated rings. The van der Waals surface area contributed by atoms with Gasteiger partial charge in [0.1, 0.15) is 16.7 Å². The van der Waals surface area contributed by atoms with E-state index < -0.39 is 0 Å². The molecule has 0 atom stereocenters. The van der Waals surface area contributed by atoms with Crippen LogP contribution in [0.4, 0.5) is 17.1 Å². The Morgan fingerprint density at radius 2 is 0.977 bits per heavy atom. The number of benzene rings is 7. The summed E-state index contributed by atoms with van der Waals surface area (Å²) in [6, 6.07) is 53.0. The monoisotopic (exact) mass is 551 g/mol. The lowest BCUT2D eigenvalue weighted by molar-refractivity contribution is 0.669. The van der Waals surface area contributed by atoms with Crippen molar-refractivity contribution in [1.82, 2.24) is 0 Å². The third-order valence-electron chi connectivity index (χ3n) is 8.44. The van der Waals surface area contributed by atoms with Gasteiger partial charge in [-0.15, -0.1) is 0 Å². The number of rotatable bonds is 4. The first kappa shape index (κ1) is 23.9. The topological polar surface area (TPSA) is 29.5 Å². The average Bonchev–Trinajstić information content (AvgIpc) is 3.63. The molecule has 7 aromatic carbocycles. The molecule has 202 valence electrons. The first-order valence-electron chi connectivity index (χ1n) is 14.5. The predicted octanol–water partition coefficient (Wildman–Crippen LogP) is 11.8. The van der Waals surface area contributed by atoms with Crippen molar-refractivity contribution in [2.24, 2.45) is 0 Å². The predicted molar refractivity (Wildman–Crippen MR) is 179 cm³/mol. The third kappa shape index (κ3) is 3.68. The molecule has 43 heavy (non-hydrogen) atoms. The average molecular weight is 552 g/mol. The molecule has 0 bridgehead atoms. The summed E-state index contributed by atoms with van der Waals surface area (Å²) < 4.78 is 13.2. The molecule has 0 amide bonds. The highest BCUT2D eigenvalue weighted by Crippen LogP contribution is 2.47. The maximum Gasteiger partial charge on any atom is 0.159 e. The molecule has 2 aromatic heterocycles. The molecule has 2 heterocycles. The standard InChI is InChI=1S/C40H25NO2/c1-2-14-28(15-3-1)41(36-22-11-20-32-30-17-7-9-23-37(30)42-40(32)36)35-21-8-6-16-29(35)31-18-10-19-33-34-24-26-12-4-5-13-27(26)25-38(34)43-39(31)33/h1-25H. The Bertz CT molecular complexity index is 2470. The minimum atomic E-state index is 0.857. The van der Waals surface area contributed by atoms with Crippen molar-refractivity contribution in [3.05, 3.63) is 152 Å². The molecule has 0 saturated heterocycles. The second-order valence-electron chi connectivity index (χ2n) is 10.9. The van der Waals surface area contributed by atoms with Gasteiger partial charge in [0.05, 0.1) is 11.4 Å². The highest BCUT2D eigenvalue weighted by Gasteiger charge is 2.23. The fraction of sp³-hybridized carbons (Fsp3) is 0. The minimum absolute atomic E-state index is 0.857. The first-order chi connectivity index (χ1) is 21.3. The van der Waals surface area contributed by atoms with E-state index in [1.807, 2.05) is 12.1 Å². The zero-order valence-corrected chi connectivity index (χ0v) is 23.2. The van der Waals surface area contributed by atoms with Crippen LogP contribution in [0.5, 0.6) is 0 Å². The van der Waals surface area contributed by atoms with Gasteiger partial charge in [0.2, 0.25) is 0 Å². The van der Waals surface area contributed by atoms with Crippen molar-refractivity contribution < 1.29 is 8.83 Å². The van der Waals surface area contributed by atoms with E-state index in [2.05, 4.69) is 144 Å². The Morgan fingerprint density at radius 1 is 0.372 bits per heavy atom. The van der Waals surface area contributed by atoms with E-state index in [1.54, 1.807) is 0 Å². The van der Waals surface area contributed by atoms with Gasteiger partial charge in [-0.25, -0.2) is 0 Å². The van der Waals surface area contributed by atoms with E-state index >= 15 is 0 Å². The molecule has 0 spiro atoms. The van der Waals surface area contributed by atoms with Gasteiger partial charge >= 0.3 is 0 Å². The number of fused-ring (bicyclic) bond motifs is 7. The molecule has 0 saturated carbocycles. The second-order valence-corrected chi connectivity index (χ2v) is 10.9. The summed E-state index contributed by atoms with van der Waals surface area (Å²) in [6.45, 7) is 0. The van der Waals surface area contributed by atoms with Crippen LogP contribution in [0.1, 0.15) is 0 Å². The van der Waals surface area contributed by atoms with Crippen molar-refractivity contribution in [1.29, 1.82) is 0 Å². The van der Waals surface area contributed by atoms with Crippen LogP contribution in [0.3, 0.4) is 0 Å². The summed E-state index contributed by atoms with van der Waals surface area (Å²) in [5.41, 5.74) is 8.71. The zero-order chi connectivity index (χ0) is 28.3. The van der Waals surface area contributed by atoms with Crippen LogP contribution in [0.25, 0.3) is 65.8 Å².